The van der Waals surface area contributed by atoms with Crippen molar-refractivity contribution in [3.05, 3.63) is 111 Å². The summed E-state index contributed by atoms with van der Waals surface area (Å²) in [5.74, 6) is -0.862. The SMILES string of the molecule is O=C(Oc1ccc(Br)cc1C=NNC(=O)c1[nH]c2cc(Cl)cc(Cl)c2c1-c1ccccc1)c1ccco1. The first-order valence-electron chi connectivity index (χ1n) is 10.9. The van der Waals surface area contributed by atoms with Crippen molar-refractivity contribution in [2.45, 2.75) is 0 Å². The van der Waals surface area contributed by atoms with E-state index in [4.69, 9.17) is 32.4 Å². The monoisotopic (exact) mass is 595 g/mol. The van der Waals surface area contributed by atoms with Crippen LogP contribution >= 0.6 is 39.1 Å². The van der Waals surface area contributed by atoms with Crippen LogP contribution in [0.2, 0.25) is 10.0 Å². The maximum Gasteiger partial charge on any atom is 0.379 e. The van der Waals surface area contributed by atoms with Gasteiger partial charge >= 0.3 is 5.97 Å². The van der Waals surface area contributed by atoms with E-state index in [-0.39, 0.29) is 17.2 Å². The molecule has 2 aromatic heterocycles. The maximum absolute atomic E-state index is 13.2. The van der Waals surface area contributed by atoms with Gasteiger partial charge in [-0.15, -0.1) is 0 Å². The lowest BCUT2D eigenvalue weighted by atomic mass is 10.0. The zero-order valence-corrected chi connectivity index (χ0v) is 21.9. The van der Waals surface area contributed by atoms with Crippen molar-refractivity contribution in [3.8, 4) is 16.9 Å². The summed E-state index contributed by atoms with van der Waals surface area (Å²) in [7, 11) is 0. The molecule has 7 nitrogen and oxygen atoms in total. The summed E-state index contributed by atoms with van der Waals surface area (Å²) in [5, 5.41) is 5.62. The number of aromatic nitrogens is 1. The second-order valence-corrected chi connectivity index (χ2v) is 9.56. The van der Waals surface area contributed by atoms with Gasteiger partial charge < -0.3 is 14.1 Å². The van der Waals surface area contributed by atoms with E-state index in [9.17, 15) is 9.59 Å². The fourth-order valence-electron chi connectivity index (χ4n) is 3.79. The van der Waals surface area contributed by atoms with E-state index in [1.807, 2.05) is 30.3 Å². The van der Waals surface area contributed by atoms with Crippen LogP contribution in [-0.2, 0) is 0 Å². The molecule has 5 rings (SSSR count). The Morgan fingerprint density at radius 1 is 1.03 bits per heavy atom. The van der Waals surface area contributed by atoms with E-state index in [1.54, 1.807) is 36.4 Å². The number of nitrogens with one attached hydrogen (secondary N) is 2. The molecule has 5 aromatic rings. The van der Waals surface area contributed by atoms with Crippen molar-refractivity contribution in [1.82, 2.24) is 10.4 Å². The lowest BCUT2D eigenvalue weighted by Crippen LogP contribution is -2.19. The van der Waals surface area contributed by atoms with Crippen molar-refractivity contribution in [3.63, 3.8) is 0 Å². The number of H-pyrrole nitrogens is 1. The van der Waals surface area contributed by atoms with Crippen LogP contribution in [0, 0.1) is 0 Å². The number of benzene rings is 3. The molecular weight excluding hydrogens is 581 g/mol. The van der Waals surface area contributed by atoms with Crippen LogP contribution < -0.4 is 10.2 Å². The first-order chi connectivity index (χ1) is 17.9. The molecule has 37 heavy (non-hydrogen) atoms. The minimum absolute atomic E-state index is 0.0603. The van der Waals surface area contributed by atoms with Gasteiger partial charge in [0.15, 0.2) is 0 Å². The van der Waals surface area contributed by atoms with Gasteiger partial charge in [-0.05, 0) is 48.0 Å². The topological polar surface area (TPSA) is 96.7 Å². The molecule has 2 N–H and O–H groups in total. The molecule has 0 fully saturated rings. The molecule has 1 amide bonds. The normalized spacial score (nSPS) is 11.2. The summed E-state index contributed by atoms with van der Waals surface area (Å²) in [5.41, 5.74) is 5.28. The van der Waals surface area contributed by atoms with Gasteiger partial charge in [-0.1, -0.05) is 69.5 Å². The molecule has 0 spiro atoms. The highest BCUT2D eigenvalue weighted by atomic mass is 79.9. The Kier molecular flexibility index (Phi) is 7.14. The van der Waals surface area contributed by atoms with Crippen LogP contribution in [0.25, 0.3) is 22.0 Å². The molecule has 0 saturated heterocycles. The van der Waals surface area contributed by atoms with Gasteiger partial charge in [-0.25, -0.2) is 10.2 Å². The smallest absolute Gasteiger partial charge is 0.379 e. The third kappa shape index (κ3) is 5.32. The number of esters is 1. The van der Waals surface area contributed by atoms with Crippen LogP contribution in [0.4, 0.5) is 0 Å². The summed E-state index contributed by atoms with van der Waals surface area (Å²) in [6, 6.07) is 20.8. The Morgan fingerprint density at radius 3 is 2.59 bits per heavy atom. The molecule has 2 heterocycles. The van der Waals surface area contributed by atoms with Gasteiger partial charge in [0.1, 0.15) is 11.4 Å². The van der Waals surface area contributed by atoms with Crippen molar-refractivity contribution in [1.29, 1.82) is 0 Å². The fourth-order valence-corrected chi connectivity index (χ4v) is 4.75. The first kappa shape index (κ1) is 24.8. The number of hydrogen-bond acceptors (Lipinski definition) is 5. The number of amides is 1. The lowest BCUT2D eigenvalue weighted by molar-refractivity contribution is 0.0700. The summed E-state index contributed by atoms with van der Waals surface area (Å²) < 4.78 is 11.3. The maximum atomic E-state index is 13.2. The molecule has 0 aliphatic carbocycles. The fraction of sp³-hybridized carbons (Fsp3) is 0. The third-order valence-electron chi connectivity index (χ3n) is 5.37. The summed E-state index contributed by atoms with van der Waals surface area (Å²) >= 11 is 16.1. The predicted molar refractivity (Wildman–Crippen MR) is 147 cm³/mol. The predicted octanol–water partition coefficient (Wildman–Crippen LogP) is 7.48. The second-order valence-electron chi connectivity index (χ2n) is 7.80. The average Bonchev–Trinajstić information content (AvgIpc) is 3.55. The van der Waals surface area contributed by atoms with E-state index in [2.05, 4.69) is 31.4 Å². The largest absolute Gasteiger partial charge is 0.457 e. The molecule has 0 saturated carbocycles. The van der Waals surface area contributed by atoms with Crippen molar-refractivity contribution in [2.75, 3.05) is 0 Å². The number of hydrogen-bond donors (Lipinski definition) is 2. The van der Waals surface area contributed by atoms with Gasteiger partial charge in [-0.3, -0.25) is 4.79 Å². The Balaban J connectivity index is 1.45. The number of ether oxygens (including phenoxy) is 1. The van der Waals surface area contributed by atoms with Crippen molar-refractivity contribution in [2.24, 2.45) is 5.10 Å². The molecule has 0 aliphatic rings. The van der Waals surface area contributed by atoms with Crippen LogP contribution in [0.3, 0.4) is 0 Å². The van der Waals surface area contributed by atoms with Gasteiger partial charge in [-0.2, -0.15) is 5.10 Å². The van der Waals surface area contributed by atoms with Crippen molar-refractivity contribution >= 4 is 68.1 Å². The molecule has 0 aliphatic heterocycles. The Hall–Kier alpha value is -3.85. The van der Waals surface area contributed by atoms with E-state index in [1.165, 1.54) is 18.5 Å². The Morgan fingerprint density at radius 2 is 1.84 bits per heavy atom. The zero-order chi connectivity index (χ0) is 25.9. The van der Waals surface area contributed by atoms with Crippen LogP contribution in [0.5, 0.6) is 5.75 Å². The molecule has 0 bridgehead atoms. The number of carbonyl (C=O) groups excluding carboxylic acids is 2. The standard InChI is InChI=1S/C27H16BrCl2N3O4/c28-17-8-9-21(37-27(35)22-7-4-10-36-22)16(11-17)14-31-33-26(34)25-23(15-5-2-1-3-6-15)24-19(30)12-18(29)13-20(24)32-25/h1-14,32H,(H,33,34). The van der Waals surface area contributed by atoms with Crippen LogP contribution in [0.1, 0.15) is 26.6 Å². The first-order valence-corrected chi connectivity index (χ1v) is 12.4. The highest BCUT2D eigenvalue weighted by molar-refractivity contribution is 9.10. The lowest BCUT2D eigenvalue weighted by Gasteiger charge is -2.07. The highest BCUT2D eigenvalue weighted by Gasteiger charge is 2.21. The molecule has 0 unspecified atom stereocenters. The van der Waals surface area contributed by atoms with Gasteiger partial charge in [0.2, 0.25) is 5.76 Å². The molecule has 184 valence electrons. The summed E-state index contributed by atoms with van der Waals surface area (Å²) in [6.07, 6.45) is 2.76. The summed E-state index contributed by atoms with van der Waals surface area (Å²) in [4.78, 5) is 28.7. The molecule has 0 atom stereocenters. The van der Waals surface area contributed by atoms with E-state index >= 15 is 0 Å². The van der Waals surface area contributed by atoms with Crippen LogP contribution in [-0.4, -0.2) is 23.1 Å². The second kappa shape index (κ2) is 10.6. The number of nitrogens with zero attached hydrogens (tertiary/aromatic N) is 1. The van der Waals surface area contributed by atoms with Crippen LogP contribution in [0.15, 0.2) is 93.1 Å². The Labute approximate surface area is 229 Å². The van der Waals surface area contributed by atoms with E-state index in [0.29, 0.717) is 32.1 Å². The van der Waals surface area contributed by atoms with Gasteiger partial charge in [0, 0.05) is 31.5 Å². The number of aromatic amines is 1. The van der Waals surface area contributed by atoms with Gasteiger partial charge in [0.05, 0.1) is 17.5 Å². The molecule has 10 heteroatoms. The minimum atomic E-state index is -0.660. The number of halogens is 3. The zero-order valence-electron chi connectivity index (χ0n) is 18.8. The van der Waals surface area contributed by atoms with E-state index in [0.717, 1.165) is 10.0 Å². The number of fused-ring (bicyclic) bond motifs is 1. The summed E-state index contributed by atoms with van der Waals surface area (Å²) in [6.45, 7) is 0. The van der Waals surface area contributed by atoms with Crippen molar-refractivity contribution < 1.29 is 18.7 Å². The Bertz CT molecular complexity index is 1650. The number of rotatable bonds is 6. The average molecular weight is 597 g/mol. The van der Waals surface area contributed by atoms with E-state index < -0.39 is 11.9 Å². The number of carbonyl (C=O) groups is 2. The molecule has 0 radical (unpaired) electrons. The van der Waals surface area contributed by atoms with Gasteiger partial charge in [0.25, 0.3) is 5.91 Å². The quantitative estimate of drug-likeness (QED) is 0.0919. The number of furan rings is 1. The third-order valence-corrected chi connectivity index (χ3v) is 6.38. The molecular formula is C27H16BrCl2N3O4. The molecule has 3 aromatic carbocycles. The highest BCUT2D eigenvalue weighted by Crippen LogP contribution is 2.38. The minimum Gasteiger partial charge on any atom is -0.457 e. The number of hydrazone groups is 1.